The molecule has 0 spiro atoms. The van der Waals surface area contributed by atoms with Crippen LogP contribution in [0.2, 0.25) is 0 Å². The van der Waals surface area contributed by atoms with Crippen molar-refractivity contribution < 1.29 is 33.6 Å². The van der Waals surface area contributed by atoms with Crippen LogP contribution in [0.15, 0.2) is 48.5 Å². The standard InChI is InChI=1S/C25H31ClO7/c1-17(27)30-15-24(33-18(2)28)16-32-23-11-7-20(8-12-23)25(3,4)19-5-9-22(10-6-19)31-14-21(29)13-26/h5-12,21,24,29H,13-16H2,1-4H3/t21-,24-/m1/s1. The van der Waals surface area contributed by atoms with Crippen molar-refractivity contribution >= 4 is 23.5 Å². The average molecular weight is 479 g/mol. The number of rotatable bonds is 12. The van der Waals surface area contributed by atoms with E-state index in [-0.39, 0.29) is 31.1 Å². The van der Waals surface area contributed by atoms with E-state index in [1.165, 1.54) is 13.8 Å². The highest BCUT2D eigenvalue weighted by atomic mass is 35.5. The van der Waals surface area contributed by atoms with Crippen LogP contribution >= 0.6 is 11.6 Å². The molecule has 0 saturated heterocycles. The molecule has 8 heteroatoms. The smallest absolute Gasteiger partial charge is 0.303 e. The Morgan fingerprint density at radius 3 is 1.76 bits per heavy atom. The van der Waals surface area contributed by atoms with Crippen LogP contribution < -0.4 is 9.47 Å². The number of aliphatic hydroxyl groups is 1. The molecule has 0 unspecified atom stereocenters. The second-order valence-electron chi connectivity index (χ2n) is 8.14. The maximum Gasteiger partial charge on any atom is 0.303 e. The summed E-state index contributed by atoms with van der Waals surface area (Å²) in [6.07, 6.45) is -1.39. The Labute approximate surface area is 199 Å². The SMILES string of the molecule is CC(=O)OC[C@H](COc1ccc(C(C)(C)c2ccc(OC[C@H](O)CCl)cc2)cc1)OC(C)=O. The summed E-state index contributed by atoms with van der Waals surface area (Å²) in [4.78, 5) is 22.3. The highest BCUT2D eigenvalue weighted by Crippen LogP contribution is 2.33. The van der Waals surface area contributed by atoms with Gasteiger partial charge in [-0.1, -0.05) is 38.1 Å². The van der Waals surface area contributed by atoms with Crippen LogP contribution in [-0.4, -0.2) is 55.0 Å². The zero-order valence-electron chi connectivity index (χ0n) is 19.4. The number of alkyl halides is 1. The van der Waals surface area contributed by atoms with Crippen LogP contribution in [0.5, 0.6) is 11.5 Å². The molecule has 0 aromatic heterocycles. The van der Waals surface area contributed by atoms with E-state index >= 15 is 0 Å². The van der Waals surface area contributed by atoms with Crippen molar-refractivity contribution in [2.75, 3.05) is 25.7 Å². The van der Waals surface area contributed by atoms with Gasteiger partial charge in [0.1, 0.15) is 37.4 Å². The minimum Gasteiger partial charge on any atom is -0.491 e. The maximum absolute atomic E-state index is 11.3. The number of halogens is 1. The van der Waals surface area contributed by atoms with Crippen LogP contribution in [0.4, 0.5) is 0 Å². The number of esters is 2. The zero-order chi connectivity index (χ0) is 24.4. The van der Waals surface area contributed by atoms with E-state index in [1.807, 2.05) is 48.5 Å². The molecule has 0 radical (unpaired) electrons. The van der Waals surface area contributed by atoms with Crippen LogP contribution in [0, 0.1) is 0 Å². The number of carbonyl (C=O) groups is 2. The van der Waals surface area contributed by atoms with E-state index in [0.29, 0.717) is 11.5 Å². The van der Waals surface area contributed by atoms with Crippen molar-refractivity contribution in [2.45, 2.75) is 45.3 Å². The summed E-state index contributed by atoms with van der Waals surface area (Å²) >= 11 is 5.59. The molecular weight excluding hydrogens is 448 g/mol. The molecule has 0 fully saturated rings. The van der Waals surface area contributed by atoms with Crippen molar-refractivity contribution in [1.82, 2.24) is 0 Å². The van der Waals surface area contributed by atoms with Crippen molar-refractivity contribution in [3.8, 4) is 11.5 Å². The Bertz CT molecular complexity index is 894. The Hall–Kier alpha value is -2.77. The van der Waals surface area contributed by atoms with Gasteiger partial charge in [0, 0.05) is 19.3 Å². The van der Waals surface area contributed by atoms with Crippen LogP contribution in [0.25, 0.3) is 0 Å². The molecule has 0 bridgehead atoms. The molecule has 0 aliphatic heterocycles. The summed E-state index contributed by atoms with van der Waals surface area (Å²) in [6, 6.07) is 15.4. The topological polar surface area (TPSA) is 91.3 Å². The van der Waals surface area contributed by atoms with Gasteiger partial charge in [0.05, 0.1) is 5.88 Å². The summed E-state index contributed by atoms with van der Waals surface area (Å²) in [5, 5.41) is 9.52. The predicted octanol–water partition coefficient (Wildman–Crippen LogP) is 3.86. The van der Waals surface area contributed by atoms with Crippen LogP contribution in [0.3, 0.4) is 0 Å². The number of aliphatic hydroxyl groups excluding tert-OH is 1. The second kappa shape index (κ2) is 12.5. The first-order valence-corrected chi connectivity index (χ1v) is 11.2. The largest absolute Gasteiger partial charge is 0.491 e. The van der Waals surface area contributed by atoms with Crippen molar-refractivity contribution in [3.05, 3.63) is 59.7 Å². The van der Waals surface area contributed by atoms with Gasteiger partial charge in [-0.05, 0) is 35.4 Å². The van der Waals surface area contributed by atoms with E-state index in [0.717, 1.165) is 11.1 Å². The van der Waals surface area contributed by atoms with Crippen molar-refractivity contribution in [1.29, 1.82) is 0 Å². The van der Waals surface area contributed by atoms with E-state index in [4.69, 9.17) is 30.5 Å². The molecule has 0 saturated carbocycles. The quantitative estimate of drug-likeness (QED) is 0.366. The molecule has 2 aromatic rings. The molecular formula is C25H31ClO7. The molecule has 0 aliphatic rings. The Kier molecular flexibility index (Phi) is 10.0. The van der Waals surface area contributed by atoms with Gasteiger partial charge >= 0.3 is 11.9 Å². The first-order valence-electron chi connectivity index (χ1n) is 10.6. The van der Waals surface area contributed by atoms with Gasteiger partial charge in [-0.3, -0.25) is 9.59 Å². The molecule has 0 heterocycles. The number of ether oxygens (including phenoxy) is 4. The van der Waals surface area contributed by atoms with E-state index in [2.05, 4.69) is 13.8 Å². The fourth-order valence-corrected chi connectivity index (χ4v) is 3.18. The molecule has 33 heavy (non-hydrogen) atoms. The first-order chi connectivity index (χ1) is 15.6. The van der Waals surface area contributed by atoms with Crippen molar-refractivity contribution in [2.24, 2.45) is 0 Å². The third-order valence-electron chi connectivity index (χ3n) is 5.01. The second-order valence-corrected chi connectivity index (χ2v) is 8.45. The number of hydrogen-bond acceptors (Lipinski definition) is 7. The molecule has 180 valence electrons. The first kappa shape index (κ1) is 26.5. The van der Waals surface area contributed by atoms with Gasteiger partial charge in [0.2, 0.25) is 0 Å². The molecule has 0 amide bonds. The molecule has 2 aromatic carbocycles. The van der Waals surface area contributed by atoms with Crippen molar-refractivity contribution in [3.63, 3.8) is 0 Å². The lowest BCUT2D eigenvalue weighted by Gasteiger charge is -2.26. The highest BCUT2D eigenvalue weighted by Gasteiger charge is 2.23. The summed E-state index contributed by atoms with van der Waals surface area (Å²) in [5.74, 6) is 0.474. The Balaban J connectivity index is 2.00. The molecule has 2 rings (SSSR count). The fourth-order valence-electron chi connectivity index (χ4n) is 3.09. The number of hydrogen-bond donors (Lipinski definition) is 1. The predicted molar refractivity (Wildman–Crippen MR) is 125 cm³/mol. The lowest BCUT2D eigenvalue weighted by atomic mass is 9.78. The molecule has 7 nitrogen and oxygen atoms in total. The third-order valence-corrected chi connectivity index (χ3v) is 5.37. The monoisotopic (exact) mass is 478 g/mol. The average Bonchev–Trinajstić information content (AvgIpc) is 2.79. The summed E-state index contributed by atoms with van der Waals surface area (Å²) in [7, 11) is 0. The van der Waals surface area contributed by atoms with Crippen LogP contribution in [0.1, 0.15) is 38.8 Å². The summed E-state index contributed by atoms with van der Waals surface area (Å²) in [5.41, 5.74) is 1.90. The maximum atomic E-state index is 11.3. The Morgan fingerprint density at radius 1 is 0.848 bits per heavy atom. The summed E-state index contributed by atoms with van der Waals surface area (Å²) < 4.78 is 21.3. The van der Waals surface area contributed by atoms with Gasteiger partial charge in [0.25, 0.3) is 0 Å². The van der Waals surface area contributed by atoms with Gasteiger partial charge < -0.3 is 24.1 Å². The van der Waals surface area contributed by atoms with E-state index in [9.17, 15) is 14.7 Å². The Morgan fingerprint density at radius 2 is 1.33 bits per heavy atom. The van der Waals surface area contributed by atoms with Gasteiger partial charge in [-0.25, -0.2) is 0 Å². The molecule has 0 aliphatic carbocycles. The minimum absolute atomic E-state index is 0.0649. The zero-order valence-corrected chi connectivity index (χ0v) is 20.1. The molecule has 1 N–H and O–H groups in total. The van der Waals surface area contributed by atoms with Gasteiger partial charge in [0.15, 0.2) is 6.10 Å². The highest BCUT2D eigenvalue weighted by molar-refractivity contribution is 6.18. The fraction of sp³-hybridized carbons (Fsp3) is 0.440. The van der Waals surface area contributed by atoms with Gasteiger partial charge in [-0.2, -0.15) is 0 Å². The lowest BCUT2D eigenvalue weighted by molar-refractivity contribution is -0.158. The minimum atomic E-state index is -0.700. The number of benzene rings is 2. The third kappa shape index (κ3) is 8.59. The van der Waals surface area contributed by atoms with E-state index in [1.54, 1.807) is 0 Å². The van der Waals surface area contributed by atoms with Crippen LogP contribution in [-0.2, 0) is 24.5 Å². The summed E-state index contributed by atoms with van der Waals surface area (Å²) in [6.45, 7) is 6.96. The van der Waals surface area contributed by atoms with Gasteiger partial charge in [-0.15, -0.1) is 11.6 Å². The normalized spacial score (nSPS) is 13.0. The number of carbonyl (C=O) groups excluding carboxylic acids is 2. The molecule has 2 atom stereocenters. The van der Waals surface area contributed by atoms with E-state index < -0.39 is 24.1 Å². The lowest BCUT2D eigenvalue weighted by Crippen LogP contribution is -2.29.